The zero-order valence-electron chi connectivity index (χ0n) is 12.4. The molecule has 0 unspecified atom stereocenters. The van der Waals surface area contributed by atoms with E-state index in [0.29, 0.717) is 30.9 Å². The predicted octanol–water partition coefficient (Wildman–Crippen LogP) is 2.67. The van der Waals surface area contributed by atoms with Crippen molar-refractivity contribution in [3.63, 3.8) is 0 Å². The lowest BCUT2D eigenvalue weighted by Crippen LogP contribution is -2.38. The molecule has 1 aliphatic rings. The molecule has 0 aliphatic carbocycles. The number of carbonyl (C=O) groups is 1. The lowest BCUT2D eigenvalue weighted by molar-refractivity contribution is 0.217. The number of para-hydroxylation sites is 1. The molecule has 0 spiro atoms. The average Bonchev–Trinajstić information content (AvgIpc) is 2.62. The van der Waals surface area contributed by atoms with Gasteiger partial charge in [-0.15, -0.1) is 0 Å². The lowest BCUT2D eigenvalue weighted by atomic mass is 10.0. The third kappa shape index (κ3) is 3.35. The number of nitrogens with one attached hydrogen (secondary N) is 1. The minimum atomic E-state index is -0.133. The number of amides is 2. The lowest BCUT2D eigenvalue weighted by Gasteiger charge is -2.26. The molecule has 6 nitrogen and oxygen atoms in total. The van der Waals surface area contributed by atoms with E-state index in [4.69, 9.17) is 5.26 Å². The summed E-state index contributed by atoms with van der Waals surface area (Å²) in [5.41, 5.74) is 2.66. The molecule has 114 valence electrons. The average molecular weight is 305 g/mol. The first-order chi connectivity index (χ1) is 11.3. The van der Waals surface area contributed by atoms with E-state index in [2.05, 4.69) is 21.4 Å². The van der Waals surface area contributed by atoms with Crippen LogP contribution in [0.25, 0.3) is 5.57 Å². The van der Waals surface area contributed by atoms with Gasteiger partial charge < -0.3 is 10.2 Å². The smallest absolute Gasteiger partial charge is 0.320 e. The van der Waals surface area contributed by atoms with E-state index in [1.807, 2.05) is 36.4 Å². The molecule has 0 fully saturated rings. The van der Waals surface area contributed by atoms with E-state index in [-0.39, 0.29) is 6.03 Å². The van der Waals surface area contributed by atoms with Gasteiger partial charge in [0.2, 0.25) is 0 Å². The van der Waals surface area contributed by atoms with E-state index in [9.17, 15) is 4.79 Å². The van der Waals surface area contributed by atoms with Crippen LogP contribution in [0.4, 0.5) is 10.5 Å². The minimum absolute atomic E-state index is 0.133. The fourth-order valence-electron chi connectivity index (χ4n) is 2.45. The van der Waals surface area contributed by atoms with Gasteiger partial charge in [-0.2, -0.15) is 5.26 Å². The van der Waals surface area contributed by atoms with Crippen molar-refractivity contribution in [2.45, 2.75) is 6.42 Å². The monoisotopic (exact) mass is 305 g/mol. The maximum absolute atomic E-state index is 12.2. The maximum atomic E-state index is 12.2. The van der Waals surface area contributed by atoms with Crippen LogP contribution in [0.2, 0.25) is 0 Å². The third-order valence-electron chi connectivity index (χ3n) is 3.63. The Bertz CT molecular complexity index is 779. The number of benzene rings is 1. The van der Waals surface area contributed by atoms with Crippen LogP contribution in [0.3, 0.4) is 0 Å². The van der Waals surface area contributed by atoms with E-state index < -0.39 is 0 Å². The van der Waals surface area contributed by atoms with E-state index in [0.717, 1.165) is 11.3 Å². The summed E-state index contributed by atoms with van der Waals surface area (Å²) in [5.74, 6) is 0. The summed E-state index contributed by atoms with van der Waals surface area (Å²) in [5, 5.41) is 12.0. The van der Waals surface area contributed by atoms with Crippen LogP contribution >= 0.6 is 0 Å². The topological polar surface area (TPSA) is 81.9 Å². The summed E-state index contributed by atoms with van der Waals surface area (Å²) in [7, 11) is 0. The second kappa shape index (κ2) is 6.71. The number of aromatic nitrogens is 2. The number of anilines is 1. The summed E-state index contributed by atoms with van der Waals surface area (Å²) in [6, 6.07) is 11.3. The fraction of sp³-hybridized carbons (Fsp3) is 0.176. The Morgan fingerprint density at radius 3 is 2.70 bits per heavy atom. The normalized spacial score (nSPS) is 13.9. The Morgan fingerprint density at radius 2 is 2.00 bits per heavy atom. The molecule has 0 bridgehead atoms. The van der Waals surface area contributed by atoms with Crippen LogP contribution in [0.5, 0.6) is 0 Å². The van der Waals surface area contributed by atoms with Crippen LogP contribution in [0.15, 0.2) is 48.8 Å². The summed E-state index contributed by atoms with van der Waals surface area (Å²) in [4.78, 5) is 22.2. The molecule has 23 heavy (non-hydrogen) atoms. The van der Waals surface area contributed by atoms with Crippen LogP contribution in [0, 0.1) is 11.3 Å². The van der Waals surface area contributed by atoms with Gasteiger partial charge in [0.05, 0.1) is 0 Å². The van der Waals surface area contributed by atoms with E-state index in [1.54, 1.807) is 11.1 Å². The number of nitriles is 1. The Morgan fingerprint density at radius 1 is 1.22 bits per heavy atom. The molecule has 0 saturated heterocycles. The van der Waals surface area contributed by atoms with Crippen molar-refractivity contribution in [1.29, 1.82) is 5.26 Å². The fourth-order valence-corrected chi connectivity index (χ4v) is 2.45. The van der Waals surface area contributed by atoms with Crippen LogP contribution < -0.4 is 5.32 Å². The number of rotatable bonds is 2. The summed E-state index contributed by atoms with van der Waals surface area (Å²) >= 11 is 0. The van der Waals surface area contributed by atoms with Crippen molar-refractivity contribution >= 4 is 17.3 Å². The Hall–Kier alpha value is -3.20. The SMILES string of the molecule is N#Cc1nccnc1C1=CCN(C(=O)Nc2ccccc2)CC1. The largest absolute Gasteiger partial charge is 0.322 e. The highest BCUT2D eigenvalue weighted by molar-refractivity contribution is 5.90. The molecule has 0 saturated carbocycles. The summed E-state index contributed by atoms with van der Waals surface area (Å²) in [6.45, 7) is 1.06. The molecule has 2 aromatic rings. The molecule has 1 aromatic carbocycles. The van der Waals surface area contributed by atoms with Crippen molar-refractivity contribution in [3.8, 4) is 6.07 Å². The molecule has 0 atom stereocenters. The van der Waals surface area contributed by atoms with Crippen molar-refractivity contribution in [2.75, 3.05) is 18.4 Å². The van der Waals surface area contributed by atoms with Gasteiger partial charge in [-0.05, 0) is 24.1 Å². The first-order valence-electron chi connectivity index (χ1n) is 7.29. The van der Waals surface area contributed by atoms with Gasteiger partial charge in [-0.1, -0.05) is 24.3 Å². The third-order valence-corrected chi connectivity index (χ3v) is 3.63. The molecular formula is C17H15N5O. The molecule has 1 aromatic heterocycles. The molecule has 2 heterocycles. The predicted molar refractivity (Wildman–Crippen MR) is 86.4 cm³/mol. The first kappa shape index (κ1) is 14.7. The van der Waals surface area contributed by atoms with Gasteiger partial charge in [0, 0.05) is 31.2 Å². The van der Waals surface area contributed by atoms with Crippen molar-refractivity contribution in [1.82, 2.24) is 14.9 Å². The maximum Gasteiger partial charge on any atom is 0.322 e. The Balaban J connectivity index is 1.69. The first-order valence-corrected chi connectivity index (χ1v) is 7.29. The van der Waals surface area contributed by atoms with Crippen molar-refractivity contribution < 1.29 is 4.79 Å². The molecule has 0 radical (unpaired) electrons. The standard InChI is InChI=1S/C17H15N5O/c18-12-15-16(20-9-8-19-15)13-6-10-22(11-7-13)17(23)21-14-4-2-1-3-5-14/h1-6,8-9H,7,10-11H2,(H,21,23). The van der Waals surface area contributed by atoms with Gasteiger partial charge >= 0.3 is 6.03 Å². The van der Waals surface area contributed by atoms with E-state index >= 15 is 0 Å². The summed E-state index contributed by atoms with van der Waals surface area (Å²) in [6.07, 6.45) is 5.66. The van der Waals surface area contributed by atoms with Gasteiger partial charge in [0.25, 0.3) is 0 Å². The van der Waals surface area contributed by atoms with Gasteiger partial charge in [0.15, 0.2) is 5.69 Å². The molecule has 3 rings (SSSR count). The van der Waals surface area contributed by atoms with Crippen molar-refractivity contribution in [3.05, 3.63) is 60.2 Å². The van der Waals surface area contributed by atoms with Crippen LogP contribution in [-0.4, -0.2) is 34.0 Å². The quantitative estimate of drug-likeness (QED) is 0.924. The number of urea groups is 1. The second-order valence-electron chi connectivity index (χ2n) is 5.09. The van der Waals surface area contributed by atoms with Crippen LogP contribution in [0.1, 0.15) is 17.8 Å². The molecule has 6 heteroatoms. The van der Waals surface area contributed by atoms with Gasteiger partial charge in [0.1, 0.15) is 11.8 Å². The van der Waals surface area contributed by atoms with Crippen molar-refractivity contribution in [2.24, 2.45) is 0 Å². The number of hydrogen-bond donors (Lipinski definition) is 1. The van der Waals surface area contributed by atoms with E-state index in [1.165, 1.54) is 6.20 Å². The zero-order valence-corrected chi connectivity index (χ0v) is 12.4. The Kier molecular flexibility index (Phi) is 4.29. The highest BCUT2D eigenvalue weighted by Crippen LogP contribution is 2.22. The second-order valence-corrected chi connectivity index (χ2v) is 5.09. The number of nitrogens with zero attached hydrogens (tertiary/aromatic N) is 4. The summed E-state index contributed by atoms with van der Waals surface area (Å²) < 4.78 is 0. The molecule has 1 N–H and O–H groups in total. The minimum Gasteiger partial charge on any atom is -0.320 e. The molecule has 2 amide bonds. The zero-order chi connectivity index (χ0) is 16.1. The molecule has 1 aliphatic heterocycles. The number of hydrogen-bond acceptors (Lipinski definition) is 4. The van der Waals surface area contributed by atoms with Gasteiger partial charge in [-0.25, -0.2) is 9.78 Å². The van der Waals surface area contributed by atoms with Gasteiger partial charge in [-0.3, -0.25) is 4.98 Å². The highest BCUT2D eigenvalue weighted by atomic mass is 16.2. The van der Waals surface area contributed by atoms with Crippen LogP contribution in [-0.2, 0) is 0 Å². The molecular weight excluding hydrogens is 290 g/mol. The Labute approximate surface area is 134 Å². The number of carbonyl (C=O) groups excluding carboxylic acids is 1. The highest BCUT2D eigenvalue weighted by Gasteiger charge is 2.20.